The van der Waals surface area contributed by atoms with Crippen molar-refractivity contribution in [2.45, 2.75) is 193 Å². The minimum absolute atomic E-state index is 0.0747. The van der Waals surface area contributed by atoms with Crippen molar-refractivity contribution in [2.24, 2.45) is 0 Å². The number of hydrogen-bond donors (Lipinski definition) is 4. The van der Waals surface area contributed by atoms with E-state index in [1.807, 2.05) is 36.5 Å². The van der Waals surface area contributed by atoms with E-state index in [0.717, 1.165) is 25.7 Å². The molecule has 56 heavy (non-hydrogen) atoms. The van der Waals surface area contributed by atoms with Gasteiger partial charge in [-0.3, -0.25) is 18.6 Å². The van der Waals surface area contributed by atoms with Gasteiger partial charge in [0.25, 0.3) is 0 Å². The van der Waals surface area contributed by atoms with Crippen LogP contribution in [0.2, 0.25) is 0 Å². The van der Waals surface area contributed by atoms with Gasteiger partial charge >= 0.3 is 19.8 Å². The van der Waals surface area contributed by atoms with E-state index in [9.17, 15) is 29.3 Å². The Labute approximate surface area is 339 Å². The molecule has 0 amide bonds. The number of carbonyl (C=O) groups is 2. The van der Waals surface area contributed by atoms with E-state index in [1.165, 1.54) is 89.9 Å². The molecule has 0 radical (unpaired) electrons. The SMILES string of the molecule is CCCCC/C=C\C=C/[C@H](O)C/C=C\C/C=C/CCCC(=O)O[C@H](COC(=O)CCCCCCCCCCCCCCCCC)COP(=O)(O)OC[C@@H](O)CO. The number of phosphoric acid groups is 1. The first kappa shape index (κ1) is 53.9. The molecule has 0 heterocycles. The molecule has 0 rings (SSSR count). The van der Waals surface area contributed by atoms with Crippen molar-refractivity contribution < 1.29 is 52.9 Å². The lowest BCUT2D eigenvalue weighted by Crippen LogP contribution is -2.29. The minimum atomic E-state index is -4.65. The molecule has 1 unspecified atom stereocenters. The zero-order chi connectivity index (χ0) is 41.4. The third-order valence-electron chi connectivity index (χ3n) is 9.07. The molecule has 0 aromatic rings. The number of unbranched alkanes of at least 4 members (excludes halogenated alkanes) is 18. The van der Waals surface area contributed by atoms with Gasteiger partial charge in [-0.05, 0) is 44.9 Å². The van der Waals surface area contributed by atoms with Crippen LogP contribution in [-0.4, -0.2) is 76.9 Å². The number of hydrogen-bond acceptors (Lipinski definition) is 10. The van der Waals surface area contributed by atoms with Crippen molar-refractivity contribution in [3.63, 3.8) is 0 Å². The number of ether oxygens (including phenoxy) is 2. The van der Waals surface area contributed by atoms with Gasteiger partial charge < -0.3 is 29.7 Å². The predicted octanol–water partition coefficient (Wildman–Crippen LogP) is 10.3. The van der Waals surface area contributed by atoms with Gasteiger partial charge in [0.1, 0.15) is 12.7 Å². The number of rotatable bonds is 40. The highest BCUT2D eigenvalue weighted by atomic mass is 31.2. The van der Waals surface area contributed by atoms with Gasteiger partial charge in [-0.2, -0.15) is 0 Å². The van der Waals surface area contributed by atoms with Gasteiger partial charge in [0.05, 0.1) is 25.9 Å². The third-order valence-corrected chi connectivity index (χ3v) is 10.0. The fraction of sp³-hybridized carbons (Fsp3) is 0.773. The Morgan fingerprint density at radius 1 is 0.607 bits per heavy atom. The Balaban J connectivity index is 4.45. The quantitative estimate of drug-likeness (QED) is 0.0153. The summed E-state index contributed by atoms with van der Waals surface area (Å²) in [6.07, 6.45) is 38.2. The Morgan fingerprint density at radius 3 is 1.77 bits per heavy atom. The van der Waals surface area contributed by atoms with Gasteiger partial charge in [-0.15, -0.1) is 0 Å². The molecule has 0 fully saturated rings. The maximum atomic E-state index is 12.6. The van der Waals surface area contributed by atoms with Crippen LogP contribution in [-0.2, 0) is 32.7 Å². The molecule has 11 nitrogen and oxygen atoms in total. The molecule has 12 heteroatoms. The molecule has 0 aliphatic heterocycles. The van der Waals surface area contributed by atoms with Crippen LogP contribution < -0.4 is 0 Å². The van der Waals surface area contributed by atoms with E-state index in [1.54, 1.807) is 6.08 Å². The van der Waals surface area contributed by atoms with E-state index >= 15 is 0 Å². The highest BCUT2D eigenvalue weighted by Crippen LogP contribution is 2.43. The second-order valence-corrected chi connectivity index (χ2v) is 16.0. The highest BCUT2D eigenvalue weighted by molar-refractivity contribution is 7.47. The summed E-state index contributed by atoms with van der Waals surface area (Å²) in [6, 6.07) is 0. The second kappa shape index (κ2) is 39.7. The Morgan fingerprint density at radius 2 is 1.14 bits per heavy atom. The molecule has 0 bridgehead atoms. The number of allylic oxidation sites excluding steroid dienone is 6. The summed E-state index contributed by atoms with van der Waals surface area (Å²) >= 11 is 0. The van der Waals surface area contributed by atoms with Gasteiger partial charge in [0, 0.05) is 12.8 Å². The number of aliphatic hydroxyl groups excluding tert-OH is 3. The Hall–Kier alpha value is -2.11. The van der Waals surface area contributed by atoms with Gasteiger partial charge in [-0.1, -0.05) is 165 Å². The fourth-order valence-electron chi connectivity index (χ4n) is 5.65. The average molecular weight is 815 g/mol. The highest BCUT2D eigenvalue weighted by Gasteiger charge is 2.27. The summed E-state index contributed by atoms with van der Waals surface area (Å²) in [7, 11) is -4.65. The molecule has 0 aromatic heterocycles. The molecule has 326 valence electrons. The summed E-state index contributed by atoms with van der Waals surface area (Å²) in [5.74, 6) is -1.03. The van der Waals surface area contributed by atoms with Gasteiger partial charge in [0.2, 0.25) is 0 Å². The summed E-state index contributed by atoms with van der Waals surface area (Å²) < 4.78 is 32.6. The lowest BCUT2D eigenvalue weighted by Gasteiger charge is -2.20. The lowest BCUT2D eigenvalue weighted by atomic mass is 10.0. The van der Waals surface area contributed by atoms with Crippen molar-refractivity contribution >= 4 is 19.8 Å². The summed E-state index contributed by atoms with van der Waals surface area (Å²) in [4.78, 5) is 35.0. The number of esters is 2. The summed E-state index contributed by atoms with van der Waals surface area (Å²) in [5.41, 5.74) is 0. The molecule has 0 aliphatic carbocycles. The minimum Gasteiger partial charge on any atom is -0.462 e. The molecular formula is C44H79O11P. The van der Waals surface area contributed by atoms with Gasteiger partial charge in [-0.25, -0.2) is 4.57 Å². The standard InChI is InChI=1S/C44H79O11P/c1-3-5-7-9-11-12-13-14-15-16-17-18-22-26-30-34-43(48)52-38-42(39-54-56(50,51)53-37-41(47)36-45)55-44(49)35-31-27-23-19-21-25-29-33-40(46)32-28-24-20-10-8-6-4-2/h19-20,23-25,28-29,32,40-42,45-47H,3-18,21-22,26-27,30-31,33-39H2,1-2H3,(H,50,51)/b23-19+,24-20-,29-25-,32-28-/t40-,41-,42+/m0/s1. The van der Waals surface area contributed by atoms with Crippen LogP contribution in [0.1, 0.15) is 174 Å². The third kappa shape index (κ3) is 38.7. The van der Waals surface area contributed by atoms with E-state index in [4.69, 9.17) is 19.1 Å². The lowest BCUT2D eigenvalue weighted by molar-refractivity contribution is -0.161. The van der Waals surface area contributed by atoms with Crippen molar-refractivity contribution in [1.29, 1.82) is 0 Å². The van der Waals surface area contributed by atoms with Crippen molar-refractivity contribution in [3.8, 4) is 0 Å². The first-order valence-electron chi connectivity index (χ1n) is 21.7. The predicted molar refractivity (Wildman–Crippen MR) is 225 cm³/mol. The van der Waals surface area contributed by atoms with Crippen molar-refractivity contribution in [2.75, 3.05) is 26.4 Å². The van der Waals surface area contributed by atoms with Crippen LogP contribution in [0, 0.1) is 0 Å². The van der Waals surface area contributed by atoms with E-state index in [-0.39, 0.29) is 19.4 Å². The molecule has 0 saturated heterocycles. The first-order valence-corrected chi connectivity index (χ1v) is 23.2. The van der Waals surface area contributed by atoms with Crippen molar-refractivity contribution in [3.05, 3.63) is 48.6 Å². The maximum Gasteiger partial charge on any atom is 0.472 e. The molecule has 0 saturated carbocycles. The van der Waals surface area contributed by atoms with E-state index in [2.05, 4.69) is 24.4 Å². The molecule has 0 spiro atoms. The van der Waals surface area contributed by atoms with Gasteiger partial charge in [0.15, 0.2) is 6.10 Å². The fourth-order valence-corrected chi connectivity index (χ4v) is 6.44. The topological polar surface area (TPSA) is 169 Å². The van der Waals surface area contributed by atoms with Crippen LogP contribution in [0.5, 0.6) is 0 Å². The number of carbonyl (C=O) groups excluding carboxylic acids is 2. The van der Waals surface area contributed by atoms with E-state index < -0.39 is 57.9 Å². The number of phosphoric ester groups is 1. The van der Waals surface area contributed by atoms with Crippen molar-refractivity contribution in [1.82, 2.24) is 0 Å². The molecule has 0 aliphatic rings. The Kier molecular flexibility index (Phi) is 38.2. The monoisotopic (exact) mass is 815 g/mol. The summed E-state index contributed by atoms with van der Waals surface area (Å²) in [6.45, 7) is 2.20. The molecule has 4 N–H and O–H groups in total. The van der Waals surface area contributed by atoms with Crippen LogP contribution in [0.25, 0.3) is 0 Å². The largest absolute Gasteiger partial charge is 0.472 e. The average Bonchev–Trinajstić information content (AvgIpc) is 3.18. The molecule has 4 atom stereocenters. The molecule has 0 aromatic carbocycles. The zero-order valence-electron chi connectivity index (χ0n) is 35.0. The number of aliphatic hydroxyl groups is 3. The summed E-state index contributed by atoms with van der Waals surface area (Å²) in [5, 5.41) is 28.4. The van der Waals surface area contributed by atoms with E-state index in [0.29, 0.717) is 32.1 Å². The first-order chi connectivity index (χ1) is 27.1. The van der Waals surface area contributed by atoms with Crippen LogP contribution in [0.3, 0.4) is 0 Å². The van der Waals surface area contributed by atoms with Crippen LogP contribution >= 0.6 is 7.82 Å². The normalized spacial score (nSPS) is 14.9. The molecular weight excluding hydrogens is 735 g/mol. The smallest absolute Gasteiger partial charge is 0.462 e. The second-order valence-electron chi connectivity index (χ2n) is 14.6. The van der Waals surface area contributed by atoms with Crippen LogP contribution in [0.4, 0.5) is 0 Å². The Bertz CT molecular complexity index is 1090. The zero-order valence-corrected chi connectivity index (χ0v) is 35.8. The maximum absolute atomic E-state index is 12.6. The van der Waals surface area contributed by atoms with Crippen LogP contribution in [0.15, 0.2) is 48.6 Å².